The van der Waals surface area contributed by atoms with Crippen LogP contribution in [0.2, 0.25) is 0 Å². The van der Waals surface area contributed by atoms with Gasteiger partial charge in [-0.25, -0.2) is 4.79 Å². The summed E-state index contributed by atoms with van der Waals surface area (Å²) < 4.78 is 5.17. The van der Waals surface area contributed by atoms with E-state index >= 15 is 0 Å². The van der Waals surface area contributed by atoms with Crippen LogP contribution in [0, 0.1) is 0 Å². The first-order chi connectivity index (χ1) is 7.15. The van der Waals surface area contributed by atoms with Crippen molar-refractivity contribution in [3.05, 3.63) is 0 Å². The minimum Gasteiger partial charge on any atom is -0.447 e. The number of rotatable bonds is 3. The van der Waals surface area contributed by atoms with Crippen LogP contribution in [0.25, 0.3) is 0 Å². The summed E-state index contributed by atoms with van der Waals surface area (Å²) in [7, 11) is 0. The first-order valence-corrected chi connectivity index (χ1v) is 5.73. The number of carbonyl (C=O) groups is 1. The number of hydrogen-bond acceptors (Lipinski definition) is 3. The molecule has 0 aromatic rings. The standard InChI is InChI=1S/C11H21NO3/c1-9(2)15-11(14)12-7-4-3-5-10(12)6-8-13/h9-10,13H,3-8H2,1-2H3. The zero-order valence-corrected chi connectivity index (χ0v) is 9.61. The van der Waals surface area contributed by atoms with Gasteiger partial charge < -0.3 is 14.7 Å². The van der Waals surface area contributed by atoms with Crippen molar-refractivity contribution < 1.29 is 14.6 Å². The molecule has 1 aliphatic heterocycles. The predicted molar refractivity (Wildman–Crippen MR) is 57.7 cm³/mol. The Morgan fingerprint density at radius 2 is 2.27 bits per heavy atom. The number of aliphatic hydroxyl groups is 1. The SMILES string of the molecule is CC(C)OC(=O)N1CCCCC1CCO. The molecule has 0 radical (unpaired) electrons. The monoisotopic (exact) mass is 215 g/mol. The Balaban J connectivity index is 2.51. The van der Waals surface area contributed by atoms with Crippen LogP contribution in [0.1, 0.15) is 39.5 Å². The van der Waals surface area contributed by atoms with Crippen LogP contribution < -0.4 is 0 Å². The third kappa shape index (κ3) is 3.70. The van der Waals surface area contributed by atoms with E-state index in [1.165, 1.54) is 0 Å². The Bertz CT molecular complexity index is 204. The van der Waals surface area contributed by atoms with E-state index in [0.717, 1.165) is 25.8 Å². The minimum atomic E-state index is -0.233. The van der Waals surface area contributed by atoms with Crippen molar-refractivity contribution in [3.8, 4) is 0 Å². The molecular formula is C11H21NO3. The lowest BCUT2D eigenvalue weighted by Gasteiger charge is -2.35. The fraction of sp³-hybridized carbons (Fsp3) is 0.909. The highest BCUT2D eigenvalue weighted by atomic mass is 16.6. The van der Waals surface area contributed by atoms with Gasteiger partial charge in [-0.3, -0.25) is 0 Å². The molecule has 15 heavy (non-hydrogen) atoms. The third-order valence-corrected chi connectivity index (χ3v) is 2.66. The van der Waals surface area contributed by atoms with Gasteiger partial charge in [-0.15, -0.1) is 0 Å². The molecule has 1 saturated heterocycles. The molecule has 1 atom stereocenters. The maximum absolute atomic E-state index is 11.7. The zero-order chi connectivity index (χ0) is 11.3. The number of nitrogens with zero attached hydrogens (tertiary/aromatic N) is 1. The molecule has 1 N–H and O–H groups in total. The van der Waals surface area contributed by atoms with Crippen LogP contribution in [-0.4, -0.2) is 41.4 Å². The molecule has 0 saturated carbocycles. The number of ether oxygens (including phenoxy) is 1. The second kappa shape index (κ2) is 5.95. The van der Waals surface area contributed by atoms with Crippen LogP contribution in [0.4, 0.5) is 4.79 Å². The van der Waals surface area contributed by atoms with Crippen molar-refractivity contribution in [3.63, 3.8) is 0 Å². The Morgan fingerprint density at radius 3 is 2.87 bits per heavy atom. The molecule has 4 heteroatoms. The highest BCUT2D eigenvalue weighted by molar-refractivity contribution is 5.68. The number of carbonyl (C=O) groups excluding carboxylic acids is 1. The van der Waals surface area contributed by atoms with Crippen LogP contribution in [0.3, 0.4) is 0 Å². The van der Waals surface area contributed by atoms with E-state index < -0.39 is 0 Å². The van der Waals surface area contributed by atoms with Gasteiger partial charge in [0.2, 0.25) is 0 Å². The molecule has 0 spiro atoms. The first kappa shape index (κ1) is 12.3. The fourth-order valence-corrected chi connectivity index (χ4v) is 1.96. The van der Waals surface area contributed by atoms with Gasteiger partial charge in [0.05, 0.1) is 6.10 Å². The van der Waals surface area contributed by atoms with Crippen molar-refractivity contribution in [2.45, 2.75) is 51.7 Å². The number of amides is 1. The topological polar surface area (TPSA) is 49.8 Å². The van der Waals surface area contributed by atoms with E-state index in [4.69, 9.17) is 9.84 Å². The van der Waals surface area contributed by atoms with Crippen molar-refractivity contribution in [2.75, 3.05) is 13.2 Å². The number of aliphatic hydroxyl groups excluding tert-OH is 1. The van der Waals surface area contributed by atoms with Gasteiger partial charge in [0, 0.05) is 19.2 Å². The van der Waals surface area contributed by atoms with Gasteiger partial charge in [0.1, 0.15) is 0 Å². The zero-order valence-electron chi connectivity index (χ0n) is 9.61. The lowest BCUT2D eigenvalue weighted by molar-refractivity contribution is 0.0474. The number of hydrogen-bond donors (Lipinski definition) is 1. The second-order valence-corrected chi connectivity index (χ2v) is 4.29. The fourth-order valence-electron chi connectivity index (χ4n) is 1.96. The molecule has 1 fully saturated rings. The Labute approximate surface area is 91.2 Å². The van der Waals surface area contributed by atoms with E-state index in [1.807, 2.05) is 13.8 Å². The van der Waals surface area contributed by atoms with Gasteiger partial charge in [-0.2, -0.15) is 0 Å². The second-order valence-electron chi connectivity index (χ2n) is 4.29. The highest BCUT2D eigenvalue weighted by Crippen LogP contribution is 2.20. The normalized spacial score (nSPS) is 21.9. The summed E-state index contributed by atoms with van der Waals surface area (Å²) in [5.41, 5.74) is 0. The van der Waals surface area contributed by atoms with Gasteiger partial charge in [0.25, 0.3) is 0 Å². The average Bonchev–Trinajstić information content (AvgIpc) is 2.18. The van der Waals surface area contributed by atoms with E-state index in [9.17, 15) is 4.79 Å². The molecule has 0 aromatic carbocycles. The maximum Gasteiger partial charge on any atom is 0.410 e. The van der Waals surface area contributed by atoms with Crippen molar-refractivity contribution in [1.82, 2.24) is 4.90 Å². The average molecular weight is 215 g/mol. The summed E-state index contributed by atoms with van der Waals surface area (Å²) in [6.07, 6.45) is 3.50. The lowest BCUT2D eigenvalue weighted by Crippen LogP contribution is -2.45. The van der Waals surface area contributed by atoms with E-state index in [-0.39, 0.29) is 24.8 Å². The lowest BCUT2D eigenvalue weighted by atomic mass is 10.0. The molecule has 1 amide bonds. The van der Waals surface area contributed by atoms with Crippen molar-refractivity contribution in [1.29, 1.82) is 0 Å². The molecule has 1 heterocycles. The Hall–Kier alpha value is -0.770. The summed E-state index contributed by atoms with van der Waals surface area (Å²) in [6, 6.07) is 0.162. The van der Waals surface area contributed by atoms with E-state index in [0.29, 0.717) is 6.42 Å². The third-order valence-electron chi connectivity index (χ3n) is 2.66. The van der Waals surface area contributed by atoms with E-state index in [2.05, 4.69) is 0 Å². The predicted octanol–water partition coefficient (Wildman–Crippen LogP) is 1.77. The molecule has 1 aliphatic rings. The molecule has 88 valence electrons. The molecular weight excluding hydrogens is 194 g/mol. The summed E-state index contributed by atoms with van der Waals surface area (Å²) >= 11 is 0. The van der Waals surface area contributed by atoms with Crippen LogP contribution >= 0.6 is 0 Å². The number of piperidine rings is 1. The van der Waals surface area contributed by atoms with Gasteiger partial charge in [0.15, 0.2) is 0 Å². The van der Waals surface area contributed by atoms with Gasteiger partial charge in [-0.1, -0.05) is 0 Å². The van der Waals surface area contributed by atoms with Gasteiger partial charge >= 0.3 is 6.09 Å². The van der Waals surface area contributed by atoms with Crippen molar-refractivity contribution >= 4 is 6.09 Å². The molecule has 0 aliphatic carbocycles. The largest absolute Gasteiger partial charge is 0.447 e. The minimum absolute atomic E-state index is 0.0748. The first-order valence-electron chi connectivity index (χ1n) is 5.73. The maximum atomic E-state index is 11.7. The Kier molecular flexibility index (Phi) is 4.88. The summed E-state index contributed by atoms with van der Waals surface area (Å²) in [4.78, 5) is 13.5. The number of likely N-dealkylation sites (tertiary alicyclic amines) is 1. The van der Waals surface area contributed by atoms with Crippen molar-refractivity contribution in [2.24, 2.45) is 0 Å². The van der Waals surface area contributed by atoms with Crippen LogP contribution in [-0.2, 0) is 4.74 Å². The smallest absolute Gasteiger partial charge is 0.410 e. The highest BCUT2D eigenvalue weighted by Gasteiger charge is 2.27. The summed E-state index contributed by atoms with van der Waals surface area (Å²) in [6.45, 7) is 4.60. The van der Waals surface area contributed by atoms with Crippen LogP contribution in [0.15, 0.2) is 0 Å². The summed E-state index contributed by atoms with van der Waals surface area (Å²) in [5.74, 6) is 0. The Morgan fingerprint density at radius 1 is 1.53 bits per heavy atom. The molecule has 4 nitrogen and oxygen atoms in total. The van der Waals surface area contributed by atoms with Gasteiger partial charge in [-0.05, 0) is 39.5 Å². The molecule has 1 rings (SSSR count). The summed E-state index contributed by atoms with van der Waals surface area (Å²) in [5, 5.41) is 8.92. The molecule has 1 unspecified atom stereocenters. The van der Waals surface area contributed by atoms with E-state index in [1.54, 1.807) is 4.90 Å². The quantitative estimate of drug-likeness (QED) is 0.780. The molecule has 0 bridgehead atoms. The molecule has 0 aromatic heterocycles. The van der Waals surface area contributed by atoms with Crippen LogP contribution in [0.5, 0.6) is 0 Å².